The molecule has 0 bridgehead atoms. The molecule has 0 heterocycles. The second-order valence-electron chi connectivity index (χ2n) is 7.84. The van der Waals surface area contributed by atoms with E-state index in [0.717, 1.165) is 5.56 Å². The van der Waals surface area contributed by atoms with Gasteiger partial charge in [0.25, 0.3) is 0 Å². The van der Waals surface area contributed by atoms with E-state index in [1.54, 1.807) is 0 Å². The number of aliphatic carboxylic acids is 1. The summed E-state index contributed by atoms with van der Waals surface area (Å²) in [5, 5.41) is 14.6. The van der Waals surface area contributed by atoms with E-state index in [9.17, 15) is 19.5 Å². The summed E-state index contributed by atoms with van der Waals surface area (Å²) >= 11 is 0. The standard InChI is InChI=1S/C21H34N6O4/c1-13(2)11-17(27-18(28)15(22)12-14-7-4-3-5-8-14)19(29)26-16(20(30)31)9-6-10-25-21(23)24/h3-5,7-8,13,15-17H,6,9-12,22H2,1-2H3,(H,26,29)(H,27,28)(H,30,31)(H4,23,24,25)/t15-,16-,17-/m1/s1. The molecule has 0 aliphatic heterocycles. The maximum atomic E-state index is 12.8. The van der Waals surface area contributed by atoms with Gasteiger partial charge >= 0.3 is 5.97 Å². The van der Waals surface area contributed by atoms with Gasteiger partial charge in [0.2, 0.25) is 11.8 Å². The monoisotopic (exact) mass is 434 g/mol. The quantitative estimate of drug-likeness (QED) is 0.140. The summed E-state index contributed by atoms with van der Waals surface area (Å²) < 4.78 is 0. The Labute approximate surface area is 182 Å². The summed E-state index contributed by atoms with van der Waals surface area (Å²) in [6.07, 6.45) is 1.19. The molecule has 1 aromatic carbocycles. The lowest BCUT2D eigenvalue weighted by Crippen LogP contribution is -2.55. The second kappa shape index (κ2) is 13.2. The summed E-state index contributed by atoms with van der Waals surface area (Å²) in [5.74, 6) is -2.20. The first kappa shape index (κ1) is 25.9. The van der Waals surface area contributed by atoms with E-state index < -0.39 is 35.9 Å². The molecule has 172 valence electrons. The van der Waals surface area contributed by atoms with Crippen LogP contribution in [0.4, 0.5) is 0 Å². The largest absolute Gasteiger partial charge is 0.480 e. The van der Waals surface area contributed by atoms with Crippen LogP contribution in [0, 0.1) is 5.92 Å². The van der Waals surface area contributed by atoms with E-state index in [1.807, 2.05) is 44.2 Å². The van der Waals surface area contributed by atoms with Crippen molar-refractivity contribution in [3.8, 4) is 0 Å². The van der Waals surface area contributed by atoms with Crippen LogP contribution >= 0.6 is 0 Å². The van der Waals surface area contributed by atoms with Crippen LogP contribution in [0.5, 0.6) is 0 Å². The van der Waals surface area contributed by atoms with Crippen molar-refractivity contribution in [2.45, 2.75) is 57.7 Å². The Kier molecular flexibility index (Phi) is 11.0. The Bertz CT molecular complexity index is 749. The highest BCUT2D eigenvalue weighted by Gasteiger charge is 2.28. The van der Waals surface area contributed by atoms with Crippen LogP contribution < -0.4 is 27.8 Å². The van der Waals surface area contributed by atoms with Crippen molar-refractivity contribution in [2.75, 3.05) is 6.54 Å². The van der Waals surface area contributed by atoms with E-state index in [0.29, 0.717) is 19.3 Å². The molecule has 2 amide bonds. The van der Waals surface area contributed by atoms with Crippen molar-refractivity contribution >= 4 is 23.7 Å². The zero-order chi connectivity index (χ0) is 23.4. The Morgan fingerprint density at radius 3 is 2.19 bits per heavy atom. The van der Waals surface area contributed by atoms with Gasteiger partial charge in [-0.05, 0) is 37.2 Å². The van der Waals surface area contributed by atoms with Gasteiger partial charge in [0.05, 0.1) is 6.04 Å². The molecule has 0 aromatic heterocycles. The molecule has 0 unspecified atom stereocenters. The van der Waals surface area contributed by atoms with Crippen molar-refractivity contribution in [1.82, 2.24) is 10.6 Å². The average Bonchev–Trinajstić information content (AvgIpc) is 2.69. The molecule has 0 saturated carbocycles. The van der Waals surface area contributed by atoms with E-state index in [2.05, 4.69) is 15.6 Å². The molecule has 9 N–H and O–H groups in total. The van der Waals surface area contributed by atoms with Gasteiger partial charge in [0.15, 0.2) is 5.96 Å². The molecule has 3 atom stereocenters. The topological polar surface area (TPSA) is 186 Å². The minimum absolute atomic E-state index is 0.0811. The Morgan fingerprint density at radius 2 is 1.65 bits per heavy atom. The van der Waals surface area contributed by atoms with Gasteiger partial charge in [0, 0.05) is 6.54 Å². The Hall–Kier alpha value is -3.14. The summed E-state index contributed by atoms with van der Waals surface area (Å²) in [4.78, 5) is 40.7. The average molecular weight is 435 g/mol. The second-order valence-corrected chi connectivity index (χ2v) is 7.84. The van der Waals surface area contributed by atoms with E-state index >= 15 is 0 Å². The fourth-order valence-electron chi connectivity index (χ4n) is 2.98. The van der Waals surface area contributed by atoms with Gasteiger partial charge in [-0.15, -0.1) is 0 Å². The summed E-state index contributed by atoms with van der Waals surface area (Å²) in [5.41, 5.74) is 17.4. The molecule has 10 nitrogen and oxygen atoms in total. The predicted molar refractivity (Wildman–Crippen MR) is 119 cm³/mol. The molecule has 0 spiro atoms. The number of benzene rings is 1. The number of rotatable bonds is 13. The normalized spacial score (nSPS) is 13.7. The van der Waals surface area contributed by atoms with Crippen LogP contribution in [-0.4, -0.2) is 53.5 Å². The molecule has 10 heteroatoms. The SMILES string of the molecule is CC(C)C[C@@H](NC(=O)[C@H](N)Cc1ccccc1)C(=O)N[C@H](CCCN=C(N)N)C(=O)O. The third-order valence-electron chi connectivity index (χ3n) is 4.54. The minimum Gasteiger partial charge on any atom is -0.480 e. The van der Waals surface area contributed by atoms with Crippen LogP contribution in [0.2, 0.25) is 0 Å². The molecular weight excluding hydrogens is 400 g/mol. The van der Waals surface area contributed by atoms with Gasteiger partial charge in [-0.25, -0.2) is 4.79 Å². The van der Waals surface area contributed by atoms with Crippen molar-refractivity contribution in [3.63, 3.8) is 0 Å². The summed E-state index contributed by atoms with van der Waals surface area (Å²) in [6.45, 7) is 4.06. The van der Waals surface area contributed by atoms with Crippen molar-refractivity contribution < 1.29 is 19.5 Å². The molecule has 0 aliphatic rings. The third-order valence-corrected chi connectivity index (χ3v) is 4.54. The van der Waals surface area contributed by atoms with E-state index in [1.165, 1.54) is 0 Å². The van der Waals surface area contributed by atoms with Crippen LogP contribution in [0.1, 0.15) is 38.7 Å². The zero-order valence-corrected chi connectivity index (χ0v) is 18.1. The number of carboxylic acid groups (broad SMARTS) is 1. The number of amides is 2. The third kappa shape index (κ3) is 10.4. The lowest BCUT2D eigenvalue weighted by atomic mass is 10.0. The number of hydrogen-bond donors (Lipinski definition) is 6. The van der Waals surface area contributed by atoms with Gasteiger partial charge in [0.1, 0.15) is 12.1 Å². The fourth-order valence-corrected chi connectivity index (χ4v) is 2.98. The number of hydrogen-bond acceptors (Lipinski definition) is 5. The molecule has 0 radical (unpaired) electrons. The number of guanidine groups is 1. The maximum Gasteiger partial charge on any atom is 0.326 e. The summed E-state index contributed by atoms with van der Waals surface area (Å²) in [7, 11) is 0. The van der Waals surface area contributed by atoms with Crippen LogP contribution in [-0.2, 0) is 20.8 Å². The lowest BCUT2D eigenvalue weighted by molar-refractivity contribution is -0.142. The highest BCUT2D eigenvalue weighted by atomic mass is 16.4. The molecule has 1 aromatic rings. The van der Waals surface area contributed by atoms with Crippen molar-refractivity contribution in [1.29, 1.82) is 0 Å². The fraction of sp³-hybridized carbons (Fsp3) is 0.524. The Morgan fingerprint density at radius 1 is 1.03 bits per heavy atom. The van der Waals surface area contributed by atoms with E-state index in [-0.39, 0.29) is 24.8 Å². The van der Waals surface area contributed by atoms with Gasteiger partial charge in [-0.3, -0.25) is 14.6 Å². The van der Waals surface area contributed by atoms with Crippen LogP contribution in [0.25, 0.3) is 0 Å². The number of aliphatic imine (C=N–C) groups is 1. The van der Waals surface area contributed by atoms with Crippen molar-refractivity contribution in [2.24, 2.45) is 28.1 Å². The highest BCUT2D eigenvalue weighted by Crippen LogP contribution is 2.08. The molecule has 0 aliphatic carbocycles. The first-order chi connectivity index (χ1) is 14.6. The van der Waals surface area contributed by atoms with Crippen LogP contribution in [0.15, 0.2) is 35.3 Å². The lowest BCUT2D eigenvalue weighted by Gasteiger charge is -2.24. The molecule has 0 fully saturated rings. The van der Waals surface area contributed by atoms with E-state index in [4.69, 9.17) is 17.2 Å². The number of carboxylic acids is 1. The minimum atomic E-state index is -1.17. The first-order valence-electron chi connectivity index (χ1n) is 10.3. The Balaban J connectivity index is 2.74. The first-order valence-corrected chi connectivity index (χ1v) is 10.3. The number of nitrogens with two attached hydrogens (primary N) is 3. The van der Waals surface area contributed by atoms with Gasteiger partial charge in [-0.1, -0.05) is 44.2 Å². The molecule has 1 rings (SSSR count). The number of carbonyl (C=O) groups excluding carboxylic acids is 2. The van der Waals surface area contributed by atoms with Gasteiger partial charge < -0.3 is 32.9 Å². The predicted octanol–water partition coefficient (Wildman–Crippen LogP) is -0.290. The molecular formula is C21H34N6O4. The number of carbonyl (C=O) groups is 3. The number of nitrogens with zero attached hydrogens (tertiary/aromatic N) is 1. The highest BCUT2D eigenvalue weighted by molar-refractivity contribution is 5.91. The summed E-state index contributed by atoms with van der Waals surface area (Å²) in [6, 6.07) is 6.47. The van der Waals surface area contributed by atoms with Gasteiger partial charge in [-0.2, -0.15) is 0 Å². The zero-order valence-electron chi connectivity index (χ0n) is 18.1. The smallest absolute Gasteiger partial charge is 0.326 e. The number of nitrogens with one attached hydrogen (secondary N) is 2. The van der Waals surface area contributed by atoms with Crippen LogP contribution in [0.3, 0.4) is 0 Å². The molecule has 31 heavy (non-hydrogen) atoms. The molecule has 0 saturated heterocycles. The van der Waals surface area contributed by atoms with Crippen molar-refractivity contribution in [3.05, 3.63) is 35.9 Å². The maximum absolute atomic E-state index is 12.8.